The number of benzene rings is 15. The van der Waals surface area contributed by atoms with E-state index >= 15 is 0 Å². The second-order valence-corrected chi connectivity index (χ2v) is 50.9. The monoisotopic (exact) mass is 1820 g/mol. The van der Waals surface area contributed by atoms with Gasteiger partial charge in [0.1, 0.15) is 0 Å². The third-order valence-electron chi connectivity index (χ3n) is 28.8. The lowest BCUT2D eigenvalue weighted by Gasteiger charge is -2.27. The molecule has 138 heavy (non-hydrogen) atoms. The van der Waals surface area contributed by atoms with E-state index in [4.69, 9.17) is 0 Å². The zero-order chi connectivity index (χ0) is 99.4. The summed E-state index contributed by atoms with van der Waals surface area (Å²) in [5.41, 5.74) is 40.1. The molecule has 0 atom stereocenters. The zero-order valence-electron chi connectivity index (χ0n) is 89.2. The Hall–Kier alpha value is -12.5. The molecule has 0 radical (unpaired) electrons. The van der Waals surface area contributed by atoms with Crippen molar-refractivity contribution in [2.24, 2.45) is 0 Å². The molecule has 4 nitrogen and oxygen atoms in total. The molecule has 19 aromatic rings. The van der Waals surface area contributed by atoms with Crippen LogP contribution in [0.2, 0.25) is 0 Å². The number of rotatable bonds is 8. The molecule has 0 N–H and O–H groups in total. The number of aromatic nitrogens is 4. The van der Waals surface area contributed by atoms with Crippen LogP contribution in [0.4, 0.5) is 0 Å². The van der Waals surface area contributed by atoms with E-state index in [0.29, 0.717) is 0 Å². The average molecular weight is 1820 g/mol. The zero-order valence-corrected chi connectivity index (χ0v) is 89.2. The highest BCUT2D eigenvalue weighted by Gasteiger charge is 2.36. The maximum atomic E-state index is 2.58. The van der Waals surface area contributed by atoms with E-state index < -0.39 is 0 Å². The highest BCUT2D eigenvalue weighted by Crippen LogP contribution is 2.53. The SMILES string of the molecule is CC(C)(C)c1cc(-c2cccc3c2c2c(C(C)(C)C)c(-n4c5ccc(C(C)(C)C)cc5c5cc(C(C)(C)C)ccc54)ccc2n3-c2ccccc2)cc(C(C)(C)C)c1.CC(C)(C)c1cc(-n2c3cccc(-c4ccccc4)c3c3c(C(C)(C)C)c(-c4ccccc4)ccc32)cc(C(C)(C)C)c1.CC(C)(C)c1cc(-n2c3cccc(-c4ccccc4)c3c3c(C(C)(C)C)cccc32)cc(C(C)(C)C)c1. The molecule has 0 saturated heterocycles. The minimum Gasteiger partial charge on any atom is -0.309 e. The maximum Gasteiger partial charge on any atom is 0.0547 e. The molecule has 0 spiro atoms. The topological polar surface area (TPSA) is 19.7 Å². The van der Waals surface area contributed by atoms with Gasteiger partial charge >= 0.3 is 0 Å². The highest BCUT2D eigenvalue weighted by molar-refractivity contribution is 6.22. The van der Waals surface area contributed by atoms with Crippen LogP contribution in [0, 0.1) is 0 Å². The smallest absolute Gasteiger partial charge is 0.0547 e. The molecule has 706 valence electrons. The van der Waals surface area contributed by atoms with Gasteiger partial charge < -0.3 is 18.3 Å². The largest absolute Gasteiger partial charge is 0.309 e. The lowest BCUT2D eigenvalue weighted by molar-refractivity contribution is 0.567. The van der Waals surface area contributed by atoms with Gasteiger partial charge in [-0.3, -0.25) is 0 Å². The van der Waals surface area contributed by atoms with Crippen molar-refractivity contribution in [3.8, 4) is 67.3 Å². The van der Waals surface area contributed by atoms with E-state index in [2.05, 4.69) is 556 Å². The molecule has 0 aliphatic heterocycles. The number of hydrogen-bond donors (Lipinski definition) is 0. The van der Waals surface area contributed by atoms with Gasteiger partial charge in [-0.15, -0.1) is 0 Å². The predicted molar refractivity (Wildman–Crippen MR) is 604 cm³/mol. The van der Waals surface area contributed by atoms with Crippen LogP contribution in [0.5, 0.6) is 0 Å². The van der Waals surface area contributed by atoms with Gasteiger partial charge in [0, 0.05) is 60.2 Å². The van der Waals surface area contributed by atoms with E-state index in [1.54, 1.807) is 0 Å². The van der Waals surface area contributed by atoms with Crippen molar-refractivity contribution >= 4 is 87.2 Å². The number of nitrogens with zero attached hydrogens (tertiary/aromatic N) is 4. The summed E-state index contributed by atoms with van der Waals surface area (Å²) in [7, 11) is 0. The van der Waals surface area contributed by atoms with Gasteiger partial charge in [0.2, 0.25) is 0 Å². The fraction of sp³-hybridized carbons (Fsp3) is 0.328. The molecule has 15 aromatic carbocycles. The second-order valence-electron chi connectivity index (χ2n) is 50.9. The Kier molecular flexibility index (Phi) is 24.5. The van der Waals surface area contributed by atoms with Gasteiger partial charge in [0.05, 0.1) is 49.8 Å². The summed E-state index contributed by atoms with van der Waals surface area (Å²) in [6.45, 7) is 77.0. The lowest BCUT2D eigenvalue weighted by Crippen LogP contribution is -2.17. The van der Waals surface area contributed by atoms with E-state index in [9.17, 15) is 0 Å². The molecule has 0 saturated carbocycles. The molecular formula is C134H150N4. The van der Waals surface area contributed by atoms with Crippen molar-refractivity contribution in [2.45, 2.75) is 288 Å². The summed E-state index contributed by atoms with van der Waals surface area (Å²) in [6, 6.07) is 117. The molecule has 4 heterocycles. The molecule has 4 aromatic heterocycles. The van der Waals surface area contributed by atoms with Gasteiger partial charge in [-0.1, -0.05) is 435 Å². The van der Waals surface area contributed by atoms with E-state index in [-0.39, 0.29) is 59.6 Å². The van der Waals surface area contributed by atoms with Crippen LogP contribution in [0.1, 0.15) is 290 Å². The third kappa shape index (κ3) is 18.4. The Morgan fingerprint density at radius 1 is 0.152 bits per heavy atom. The Balaban J connectivity index is 0.000000147. The molecular weight excluding hydrogens is 1670 g/mol. The van der Waals surface area contributed by atoms with Crippen LogP contribution >= 0.6 is 0 Å². The Morgan fingerprint density at radius 3 is 0.783 bits per heavy atom. The summed E-state index contributed by atoms with van der Waals surface area (Å²) in [5.74, 6) is 0. The van der Waals surface area contributed by atoms with Crippen molar-refractivity contribution in [3.63, 3.8) is 0 Å². The summed E-state index contributed by atoms with van der Waals surface area (Å²) in [4.78, 5) is 0. The van der Waals surface area contributed by atoms with Gasteiger partial charge in [-0.05, 0) is 268 Å². The van der Waals surface area contributed by atoms with E-state index in [0.717, 1.165) is 0 Å². The van der Waals surface area contributed by atoms with Crippen molar-refractivity contribution in [2.75, 3.05) is 0 Å². The van der Waals surface area contributed by atoms with Crippen molar-refractivity contribution in [1.82, 2.24) is 18.3 Å². The molecule has 0 aliphatic carbocycles. The third-order valence-corrected chi connectivity index (χ3v) is 28.8. The molecule has 0 unspecified atom stereocenters. The normalized spacial score (nSPS) is 13.1. The summed E-state index contributed by atoms with van der Waals surface area (Å²) >= 11 is 0. The van der Waals surface area contributed by atoms with Crippen LogP contribution in [0.15, 0.2) is 309 Å². The van der Waals surface area contributed by atoms with Gasteiger partial charge in [-0.25, -0.2) is 0 Å². The summed E-state index contributed by atoms with van der Waals surface area (Å²) in [5, 5.41) is 10.6. The first-order valence-corrected chi connectivity index (χ1v) is 50.5. The molecule has 0 aliphatic rings. The fourth-order valence-corrected chi connectivity index (χ4v) is 21.1. The number of hydrogen-bond acceptors (Lipinski definition) is 0. The van der Waals surface area contributed by atoms with Gasteiger partial charge in [-0.2, -0.15) is 0 Å². The Labute approximate surface area is 825 Å². The standard InChI is InChI=1S/C56H64N2.C42H45N.C36H41N/c1-52(2,3)36-24-26-44-42(33-36)43-34-37(53(4,5)6)25-27-45(43)58(44)48-29-28-47-50(51(48)56(13,14)15)49-41(22-19-23-46(49)57(47)40-20-17-16-18-21-40)35-30-38(54(7,8)9)32-39(31-35)55(10,11)12;1-40(2,3)30-25-31(41(4,5)6)27-32(26-30)43-35-22-16-21-33(28-17-12-10-13-18-28)37(35)38-36(43)24-23-34(39(38)42(7,8)9)29-19-14-11-15-20-29;1-34(2,3)25-21-26(35(4,5)6)23-27(22-25)37-30-19-13-17-28(24-15-11-10-12-16-24)32(30)33-29(36(7,8)9)18-14-20-31(33)37/h16-34H,1-15H3;10-27H,1-9H3;10-23H,1-9H3. The second kappa shape index (κ2) is 34.8. The summed E-state index contributed by atoms with van der Waals surface area (Å²) in [6.07, 6.45) is 0. The highest BCUT2D eigenvalue weighted by atomic mass is 15.0. The molecule has 0 fully saturated rings. The molecule has 19 rings (SSSR count). The maximum absolute atomic E-state index is 2.58. The van der Waals surface area contributed by atoms with Crippen LogP contribution in [-0.2, 0) is 59.6 Å². The quantitative estimate of drug-likeness (QED) is 0.144. The lowest BCUT2D eigenvalue weighted by atomic mass is 9.78. The van der Waals surface area contributed by atoms with Gasteiger partial charge in [0.15, 0.2) is 0 Å². The van der Waals surface area contributed by atoms with Crippen LogP contribution in [-0.4, -0.2) is 18.3 Å². The number of para-hydroxylation sites is 1. The van der Waals surface area contributed by atoms with Crippen LogP contribution < -0.4 is 0 Å². The van der Waals surface area contributed by atoms with Crippen LogP contribution in [0.3, 0.4) is 0 Å². The first-order valence-electron chi connectivity index (χ1n) is 50.5. The summed E-state index contributed by atoms with van der Waals surface area (Å²) < 4.78 is 10.1. The van der Waals surface area contributed by atoms with Gasteiger partial charge in [0.25, 0.3) is 0 Å². The minimum atomic E-state index is -0.207. The fourth-order valence-electron chi connectivity index (χ4n) is 21.1. The van der Waals surface area contributed by atoms with E-state index in [1.165, 1.54) is 216 Å². The van der Waals surface area contributed by atoms with Crippen molar-refractivity contribution < 1.29 is 0 Å². The minimum absolute atomic E-state index is 0.00191. The van der Waals surface area contributed by atoms with Crippen molar-refractivity contribution in [3.05, 3.63) is 371 Å². The molecule has 0 bridgehead atoms. The molecule has 0 amide bonds. The van der Waals surface area contributed by atoms with E-state index in [1.807, 2.05) is 0 Å². The number of fused-ring (bicyclic) bond motifs is 12. The molecule has 4 heteroatoms. The predicted octanol–water partition coefficient (Wildman–Crippen LogP) is 38.4. The first kappa shape index (κ1) is 97.2. The first-order chi connectivity index (χ1) is 64.5. The average Bonchev–Trinajstić information content (AvgIpc) is 1.54. The Morgan fingerprint density at radius 2 is 0.435 bits per heavy atom. The van der Waals surface area contributed by atoms with Crippen molar-refractivity contribution in [1.29, 1.82) is 0 Å². The Bertz CT molecular complexity index is 7690. The van der Waals surface area contributed by atoms with Crippen LogP contribution in [0.25, 0.3) is 154 Å².